The first-order valence-corrected chi connectivity index (χ1v) is 11.0. The standard InChI is InChI=1S/C24H18F3N3O2S/c1-2-14-7-9-15(10-8-14)30-23(32)16-5-3-4-6-18(16)29-24(30)33-13-20(31)28-19-12-11-17(25)21(26)22(19)27/h3-12H,2,13H2,1H3,(H,28,31). The van der Waals surface area contributed by atoms with Gasteiger partial charge in [0.25, 0.3) is 5.56 Å². The van der Waals surface area contributed by atoms with Crippen molar-refractivity contribution in [2.24, 2.45) is 0 Å². The summed E-state index contributed by atoms with van der Waals surface area (Å²) in [4.78, 5) is 30.2. The molecule has 0 spiro atoms. The van der Waals surface area contributed by atoms with Crippen LogP contribution in [0.25, 0.3) is 16.6 Å². The van der Waals surface area contributed by atoms with Crippen LogP contribution in [-0.4, -0.2) is 21.2 Å². The van der Waals surface area contributed by atoms with Gasteiger partial charge in [-0.15, -0.1) is 0 Å². The van der Waals surface area contributed by atoms with Gasteiger partial charge in [0, 0.05) is 0 Å². The van der Waals surface area contributed by atoms with Crippen LogP contribution in [0.2, 0.25) is 0 Å². The highest BCUT2D eigenvalue weighted by molar-refractivity contribution is 7.99. The average Bonchev–Trinajstić information content (AvgIpc) is 2.83. The highest BCUT2D eigenvalue weighted by Crippen LogP contribution is 2.23. The zero-order valence-electron chi connectivity index (χ0n) is 17.4. The molecule has 0 bridgehead atoms. The van der Waals surface area contributed by atoms with E-state index in [-0.39, 0.29) is 16.5 Å². The molecule has 5 nitrogen and oxygen atoms in total. The van der Waals surface area contributed by atoms with Gasteiger partial charge in [0.2, 0.25) is 5.91 Å². The van der Waals surface area contributed by atoms with Gasteiger partial charge in [0.05, 0.1) is 28.0 Å². The van der Waals surface area contributed by atoms with Gasteiger partial charge < -0.3 is 5.32 Å². The van der Waals surface area contributed by atoms with Gasteiger partial charge in [-0.1, -0.05) is 43.0 Å². The fourth-order valence-electron chi connectivity index (χ4n) is 3.26. The van der Waals surface area contributed by atoms with E-state index in [0.717, 1.165) is 35.9 Å². The van der Waals surface area contributed by atoms with Crippen molar-refractivity contribution in [3.05, 3.63) is 94.0 Å². The minimum absolute atomic E-state index is 0.240. The van der Waals surface area contributed by atoms with Crippen LogP contribution < -0.4 is 10.9 Å². The minimum atomic E-state index is -1.67. The van der Waals surface area contributed by atoms with Crippen LogP contribution >= 0.6 is 11.8 Å². The molecule has 4 aromatic rings. The molecule has 0 saturated heterocycles. The summed E-state index contributed by atoms with van der Waals surface area (Å²) in [6.45, 7) is 2.02. The van der Waals surface area contributed by atoms with E-state index in [1.165, 1.54) is 4.57 Å². The second-order valence-electron chi connectivity index (χ2n) is 7.13. The SMILES string of the molecule is CCc1ccc(-n2c(SCC(=O)Nc3ccc(F)c(F)c3F)nc3ccccc3c2=O)cc1. The molecule has 9 heteroatoms. The van der Waals surface area contributed by atoms with Crippen molar-refractivity contribution < 1.29 is 18.0 Å². The fraction of sp³-hybridized carbons (Fsp3) is 0.125. The number of hydrogen-bond donors (Lipinski definition) is 1. The van der Waals surface area contributed by atoms with Crippen molar-refractivity contribution in [1.29, 1.82) is 0 Å². The number of amides is 1. The molecule has 1 amide bonds. The second kappa shape index (κ2) is 9.50. The number of rotatable bonds is 6. The van der Waals surface area contributed by atoms with Crippen molar-refractivity contribution in [1.82, 2.24) is 9.55 Å². The quantitative estimate of drug-likeness (QED) is 0.243. The number of carbonyl (C=O) groups is 1. The molecule has 1 aromatic heterocycles. The Labute approximate surface area is 191 Å². The number of para-hydroxylation sites is 1. The van der Waals surface area contributed by atoms with Crippen LogP contribution in [0.4, 0.5) is 18.9 Å². The van der Waals surface area contributed by atoms with Crippen molar-refractivity contribution in [2.45, 2.75) is 18.5 Å². The first-order chi connectivity index (χ1) is 15.9. The van der Waals surface area contributed by atoms with Crippen LogP contribution in [-0.2, 0) is 11.2 Å². The number of nitrogens with zero attached hydrogens (tertiary/aromatic N) is 2. The molecule has 4 rings (SSSR count). The van der Waals surface area contributed by atoms with E-state index in [0.29, 0.717) is 16.6 Å². The van der Waals surface area contributed by atoms with Gasteiger partial charge >= 0.3 is 0 Å². The van der Waals surface area contributed by atoms with Crippen molar-refractivity contribution in [2.75, 3.05) is 11.1 Å². The summed E-state index contributed by atoms with van der Waals surface area (Å²) >= 11 is 0.971. The maximum absolute atomic E-state index is 13.9. The topological polar surface area (TPSA) is 64.0 Å². The third-order valence-electron chi connectivity index (χ3n) is 4.99. The summed E-state index contributed by atoms with van der Waals surface area (Å²) in [6.07, 6.45) is 0.841. The lowest BCUT2D eigenvalue weighted by molar-refractivity contribution is -0.113. The summed E-state index contributed by atoms with van der Waals surface area (Å²) in [5.41, 5.74) is 1.39. The van der Waals surface area contributed by atoms with Crippen molar-refractivity contribution in [3.8, 4) is 5.69 Å². The molecule has 0 saturated carbocycles. The predicted molar refractivity (Wildman–Crippen MR) is 122 cm³/mol. The number of thioether (sulfide) groups is 1. The van der Waals surface area contributed by atoms with Crippen LogP contribution in [0.1, 0.15) is 12.5 Å². The van der Waals surface area contributed by atoms with E-state index in [1.807, 2.05) is 19.1 Å². The number of halogens is 3. The van der Waals surface area contributed by atoms with Gasteiger partial charge in [-0.05, 0) is 48.4 Å². The zero-order chi connectivity index (χ0) is 23.5. The molecule has 1 heterocycles. The summed E-state index contributed by atoms with van der Waals surface area (Å²) in [6, 6.07) is 16.0. The lowest BCUT2D eigenvalue weighted by atomic mass is 10.1. The summed E-state index contributed by atoms with van der Waals surface area (Å²) in [7, 11) is 0. The Morgan fingerprint density at radius 1 is 1.00 bits per heavy atom. The Kier molecular flexibility index (Phi) is 6.50. The molecule has 168 valence electrons. The van der Waals surface area contributed by atoms with E-state index in [1.54, 1.807) is 36.4 Å². The van der Waals surface area contributed by atoms with E-state index in [9.17, 15) is 22.8 Å². The van der Waals surface area contributed by atoms with Crippen molar-refractivity contribution in [3.63, 3.8) is 0 Å². The maximum atomic E-state index is 13.9. The van der Waals surface area contributed by atoms with Gasteiger partial charge in [-0.3, -0.25) is 14.2 Å². The molecular weight excluding hydrogens is 451 g/mol. The summed E-state index contributed by atoms with van der Waals surface area (Å²) in [5, 5.41) is 2.91. The first-order valence-electron chi connectivity index (χ1n) is 10.1. The Morgan fingerprint density at radius 2 is 1.73 bits per heavy atom. The smallest absolute Gasteiger partial charge is 0.266 e. The molecule has 0 atom stereocenters. The van der Waals surface area contributed by atoms with Gasteiger partial charge in [-0.25, -0.2) is 18.2 Å². The van der Waals surface area contributed by atoms with Gasteiger partial charge in [0.1, 0.15) is 0 Å². The molecule has 0 aliphatic heterocycles. The number of fused-ring (bicyclic) bond motifs is 1. The monoisotopic (exact) mass is 469 g/mol. The lowest BCUT2D eigenvalue weighted by Crippen LogP contribution is -2.23. The Hall–Kier alpha value is -3.59. The van der Waals surface area contributed by atoms with Crippen LogP contribution in [0.3, 0.4) is 0 Å². The molecule has 3 aromatic carbocycles. The number of anilines is 1. The molecule has 1 N–H and O–H groups in total. The normalized spacial score (nSPS) is 11.0. The number of aryl methyl sites for hydroxylation is 1. The van der Waals surface area contributed by atoms with Gasteiger partial charge in [-0.2, -0.15) is 0 Å². The molecule has 0 unspecified atom stereocenters. The number of benzene rings is 3. The number of nitrogens with one attached hydrogen (secondary N) is 1. The number of carbonyl (C=O) groups excluding carboxylic acids is 1. The molecule has 0 radical (unpaired) electrons. The molecule has 0 aliphatic rings. The zero-order valence-corrected chi connectivity index (χ0v) is 18.3. The molecular formula is C24H18F3N3O2S. The van der Waals surface area contributed by atoms with Crippen LogP contribution in [0.5, 0.6) is 0 Å². The third-order valence-corrected chi connectivity index (χ3v) is 5.93. The van der Waals surface area contributed by atoms with E-state index >= 15 is 0 Å². The summed E-state index contributed by atoms with van der Waals surface area (Å²) < 4.78 is 41.8. The third kappa shape index (κ3) is 4.63. The predicted octanol–water partition coefficient (Wildman–Crippen LogP) is 5.10. The van der Waals surface area contributed by atoms with Crippen LogP contribution in [0.15, 0.2) is 70.6 Å². The average molecular weight is 469 g/mol. The highest BCUT2D eigenvalue weighted by Gasteiger charge is 2.18. The molecule has 33 heavy (non-hydrogen) atoms. The minimum Gasteiger partial charge on any atom is -0.323 e. The molecule has 0 aliphatic carbocycles. The Balaban J connectivity index is 1.66. The van der Waals surface area contributed by atoms with E-state index in [2.05, 4.69) is 10.3 Å². The number of aromatic nitrogens is 2. The maximum Gasteiger partial charge on any atom is 0.266 e. The van der Waals surface area contributed by atoms with Gasteiger partial charge in [0.15, 0.2) is 22.6 Å². The lowest BCUT2D eigenvalue weighted by Gasteiger charge is -2.14. The molecule has 0 fully saturated rings. The Bertz CT molecular complexity index is 1400. The second-order valence-corrected chi connectivity index (χ2v) is 8.07. The number of hydrogen-bond acceptors (Lipinski definition) is 4. The Morgan fingerprint density at radius 3 is 2.45 bits per heavy atom. The first kappa shape index (κ1) is 22.6. The fourth-order valence-corrected chi connectivity index (χ4v) is 4.07. The largest absolute Gasteiger partial charge is 0.323 e. The van der Waals surface area contributed by atoms with E-state index < -0.39 is 29.0 Å². The van der Waals surface area contributed by atoms with E-state index in [4.69, 9.17) is 0 Å². The van der Waals surface area contributed by atoms with Crippen LogP contribution in [0, 0.1) is 17.5 Å². The highest BCUT2D eigenvalue weighted by atomic mass is 32.2. The summed E-state index contributed by atoms with van der Waals surface area (Å²) in [5.74, 6) is -5.40. The van der Waals surface area contributed by atoms with Crippen molar-refractivity contribution >= 4 is 34.3 Å².